The van der Waals surface area contributed by atoms with Crippen LogP contribution >= 0.6 is 0 Å². The fourth-order valence-electron chi connectivity index (χ4n) is 3.61. The Morgan fingerprint density at radius 3 is 2.76 bits per heavy atom. The summed E-state index contributed by atoms with van der Waals surface area (Å²) in [7, 11) is 0. The highest BCUT2D eigenvalue weighted by molar-refractivity contribution is 5.75. The number of rotatable bonds is 5. The van der Waals surface area contributed by atoms with Crippen molar-refractivity contribution in [2.75, 3.05) is 0 Å². The largest absolute Gasteiger partial charge is 0.327 e. The summed E-state index contributed by atoms with van der Waals surface area (Å²) in [6.07, 6.45) is 3.80. The third-order valence-electron chi connectivity index (χ3n) is 5.17. The first-order valence-electron chi connectivity index (χ1n) is 8.38. The molecule has 21 heavy (non-hydrogen) atoms. The van der Waals surface area contributed by atoms with Crippen LogP contribution in [0.4, 0.5) is 0 Å². The van der Waals surface area contributed by atoms with Gasteiger partial charge >= 0.3 is 0 Å². The number of aryl methyl sites for hydroxylation is 1. The number of fused-ring (bicyclic) bond motifs is 1. The molecule has 0 saturated heterocycles. The standard InChI is InChI=1S/C18H27N3/c1-4-11-21-17-8-6-5-7-16(17)20-18(21)12-19-15-10-9-13(2)14(15)3/h5-8,13-15,19H,4,9-12H2,1-3H3. The number of aromatic nitrogens is 2. The quantitative estimate of drug-likeness (QED) is 0.901. The Bertz CT molecular complexity index is 602. The SMILES string of the molecule is CCCn1c(CNC2CCC(C)C2C)nc2ccccc21. The second-order valence-electron chi connectivity index (χ2n) is 6.57. The van der Waals surface area contributed by atoms with E-state index in [4.69, 9.17) is 4.98 Å². The molecule has 1 aromatic carbocycles. The Labute approximate surface area is 127 Å². The molecule has 3 rings (SSSR count). The molecule has 3 atom stereocenters. The zero-order chi connectivity index (χ0) is 14.8. The van der Waals surface area contributed by atoms with Gasteiger partial charge in [-0.15, -0.1) is 0 Å². The van der Waals surface area contributed by atoms with Gasteiger partial charge in [-0.1, -0.05) is 32.9 Å². The van der Waals surface area contributed by atoms with E-state index in [1.54, 1.807) is 0 Å². The second-order valence-corrected chi connectivity index (χ2v) is 6.57. The summed E-state index contributed by atoms with van der Waals surface area (Å²) in [6.45, 7) is 8.92. The summed E-state index contributed by atoms with van der Waals surface area (Å²) in [5.41, 5.74) is 2.39. The van der Waals surface area contributed by atoms with E-state index in [-0.39, 0.29) is 0 Å². The Morgan fingerprint density at radius 1 is 1.24 bits per heavy atom. The maximum Gasteiger partial charge on any atom is 0.123 e. The molecule has 1 aliphatic carbocycles. The number of imidazole rings is 1. The van der Waals surface area contributed by atoms with Crippen molar-refractivity contribution < 1.29 is 0 Å². The molecule has 3 nitrogen and oxygen atoms in total. The van der Waals surface area contributed by atoms with Crippen LogP contribution in [0.1, 0.15) is 45.9 Å². The van der Waals surface area contributed by atoms with Crippen LogP contribution in [0.3, 0.4) is 0 Å². The number of para-hydroxylation sites is 2. The van der Waals surface area contributed by atoms with E-state index >= 15 is 0 Å². The molecule has 0 aliphatic heterocycles. The maximum atomic E-state index is 4.84. The van der Waals surface area contributed by atoms with E-state index in [0.29, 0.717) is 6.04 Å². The molecule has 1 aromatic heterocycles. The van der Waals surface area contributed by atoms with Crippen molar-refractivity contribution >= 4 is 11.0 Å². The molecule has 1 N–H and O–H groups in total. The van der Waals surface area contributed by atoms with Gasteiger partial charge in [0.1, 0.15) is 5.82 Å². The zero-order valence-electron chi connectivity index (χ0n) is 13.5. The predicted octanol–water partition coefficient (Wildman–Crippen LogP) is 3.97. The summed E-state index contributed by atoms with van der Waals surface area (Å²) in [5, 5.41) is 3.75. The van der Waals surface area contributed by atoms with E-state index < -0.39 is 0 Å². The van der Waals surface area contributed by atoms with Gasteiger partial charge in [-0.3, -0.25) is 0 Å². The molecule has 2 aromatic rings. The van der Waals surface area contributed by atoms with Gasteiger partial charge in [0.15, 0.2) is 0 Å². The normalized spacial score (nSPS) is 25.8. The lowest BCUT2D eigenvalue weighted by Crippen LogP contribution is -2.32. The lowest BCUT2D eigenvalue weighted by Gasteiger charge is -2.20. The lowest BCUT2D eigenvalue weighted by molar-refractivity contribution is 0.365. The molecule has 1 fully saturated rings. The average Bonchev–Trinajstić information content (AvgIpc) is 3.00. The van der Waals surface area contributed by atoms with Gasteiger partial charge in [-0.05, 0) is 43.2 Å². The molecule has 1 aliphatic rings. The fourth-order valence-corrected chi connectivity index (χ4v) is 3.61. The molecular formula is C18H27N3. The van der Waals surface area contributed by atoms with Gasteiger partial charge in [0, 0.05) is 12.6 Å². The monoisotopic (exact) mass is 285 g/mol. The van der Waals surface area contributed by atoms with Gasteiger partial charge in [0.2, 0.25) is 0 Å². The highest BCUT2D eigenvalue weighted by Crippen LogP contribution is 2.31. The summed E-state index contributed by atoms with van der Waals surface area (Å²) in [6, 6.07) is 9.12. The molecule has 114 valence electrons. The first-order chi connectivity index (χ1) is 10.2. The Morgan fingerprint density at radius 2 is 2.05 bits per heavy atom. The Kier molecular flexibility index (Phi) is 4.29. The highest BCUT2D eigenvalue weighted by Gasteiger charge is 2.29. The van der Waals surface area contributed by atoms with Crippen molar-refractivity contribution in [3.8, 4) is 0 Å². The third kappa shape index (κ3) is 2.84. The second kappa shape index (κ2) is 6.18. The highest BCUT2D eigenvalue weighted by atomic mass is 15.1. The van der Waals surface area contributed by atoms with Crippen LogP contribution in [-0.2, 0) is 13.1 Å². The minimum absolute atomic E-state index is 0.648. The van der Waals surface area contributed by atoms with Gasteiger partial charge in [-0.2, -0.15) is 0 Å². The van der Waals surface area contributed by atoms with Gasteiger partial charge in [0.05, 0.1) is 17.6 Å². The molecule has 3 heteroatoms. The molecule has 0 radical (unpaired) electrons. The van der Waals surface area contributed by atoms with Crippen molar-refractivity contribution in [3.05, 3.63) is 30.1 Å². The zero-order valence-corrected chi connectivity index (χ0v) is 13.5. The third-order valence-corrected chi connectivity index (χ3v) is 5.17. The Hall–Kier alpha value is -1.35. The average molecular weight is 285 g/mol. The molecule has 3 unspecified atom stereocenters. The van der Waals surface area contributed by atoms with E-state index in [0.717, 1.165) is 36.9 Å². The van der Waals surface area contributed by atoms with Gasteiger partial charge in [-0.25, -0.2) is 4.98 Å². The van der Waals surface area contributed by atoms with E-state index in [9.17, 15) is 0 Å². The van der Waals surface area contributed by atoms with Crippen LogP contribution < -0.4 is 5.32 Å². The molecule has 0 bridgehead atoms. The minimum atomic E-state index is 0.648. The molecule has 0 amide bonds. The first-order valence-corrected chi connectivity index (χ1v) is 8.38. The topological polar surface area (TPSA) is 29.9 Å². The van der Waals surface area contributed by atoms with Crippen LogP contribution in [0, 0.1) is 11.8 Å². The van der Waals surface area contributed by atoms with Crippen LogP contribution in [0.5, 0.6) is 0 Å². The van der Waals surface area contributed by atoms with Crippen molar-refractivity contribution in [1.82, 2.24) is 14.9 Å². The van der Waals surface area contributed by atoms with Gasteiger partial charge < -0.3 is 9.88 Å². The molecular weight excluding hydrogens is 258 g/mol. The smallest absolute Gasteiger partial charge is 0.123 e. The summed E-state index contributed by atoms with van der Waals surface area (Å²) in [5.74, 6) is 2.80. The van der Waals surface area contributed by atoms with E-state index in [1.807, 2.05) is 0 Å². The summed E-state index contributed by atoms with van der Waals surface area (Å²) < 4.78 is 2.38. The fraction of sp³-hybridized carbons (Fsp3) is 0.611. The lowest BCUT2D eigenvalue weighted by atomic mass is 9.98. The number of nitrogens with zero attached hydrogens (tertiary/aromatic N) is 2. The number of hydrogen-bond donors (Lipinski definition) is 1. The summed E-state index contributed by atoms with van der Waals surface area (Å²) >= 11 is 0. The molecule has 1 heterocycles. The number of hydrogen-bond acceptors (Lipinski definition) is 2. The van der Waals surface area contributed by atoms with Crippen LogP contribution in [-0.4, -0.2) is 15.6 Å². The molecule has 0 spiro atoms. The van der Waals surface area contributed by atoms with Crippen LogP contribution in [0.15, 0.2) is 24.3 Å². The van der Waals surface area contributed by atoms with Crippen molar-refractivity contribution in [2.24, 2.45) is 11.8 Å². The van der Waals surface area contributed by atoms with Crippen LogP contribution in [0.25, 0.3) is 11.0 Å². The van der Waals surface area contributed by atoms with Gasteiger partial charge in [0.25, 0.3) is 0 Å². The summed E-state index contributed by atoms with van der Waals surface area (Å²) in [4.78, 5) is 4.84. The maximum absolute atomic E-state index is 4.84. The Balaban J connectivity index is 1.78. The van der Waals surface area contributed by atoms with Crippen molar-refractivity contribution in [2.45, 2.75) is 59.2 Å². The van der Waals surface area contributed by atoms with E-state index in [1.165, 1.54) is 24.2 Å². The van der Waals surface area contributed by atoms with E-state index in [2.05, 4.69) is 54.9 Å². The number of nitrogens with one attached hydrogen (secondary N) is 1. The van der Waals surface area contributed by atoms with Crippen LogP contribution in [0.2, 0.25) is 0 Å². The first kappa shape index (κ1) is 14.6. The minimum Gasteiger partial charge on any atom is -0.327 e. The number of benzene rings is 1. The predicted molar refractivity (Wildman–Crippen MR) is 88.2 cm³/mol. The van der Waals surface area contributed by atoms with Crippen molar-refractivity contribution in [1.29, 1.82) is 0 Å². The van der Waals surface area contributed by atoms with Crippen molar-refractivity contribution in [3.63, 3.8) is 0 Å². The molecule has 1 saturated carbocycles.